The zero-order valence-electron chi connectivity index (χ0n) is 51.3. The number of aromatic nitrogens is 2. The van der Waals surface area contributed by atoms with Crippen LogP contribution >= 0.6 is 22.7 Å². The maximum absolute atomic E-state index is 12.9. The fraction of sp³-hybridized carbons (Fsp3) is 0.453. The fourth-order valence-corrected chi connectivity index (χ4v) is 11.3. The molecule has 6 aromatic rings. The Morgan fingerprint density at radius 1 is 0.529 bits per heavy atom. The molecule has 0 spiro atoms. The van der Waals surface area contributed by atoms with Crippen LogP contribution in [0.1, 0.15) is 132 Å². The van der Waals surface area contributed by atoms with Crippen LogP contribution in [0.5, 0.6) is 33.1 Å². The third-order valence-electron chi connectivity index (χ3n) is 15.1. The first kappa shape index (κ1) is 66.5. The van der Waals surface area contributed by atoms with Gasteiger partial charge in [-0.3, -0.25) is 25.0 Å². The largest absolute Gasteiger partial charge is 0.493 e. The Morgan fingerprint density at radius 2 is 0.966 bits per heavy atom. The van der Waals surface area contributed by atoms with Crippen LogP contribution in [0.2, 0.25) is 0 Å². The van der Waals surface area contributed by atoms with Crippen molar-refractivity contribution in [2.24, 2.45) is 0 Å². The van der Waals surface area contributed by atoms with E-state index in [-0.39, 0.29) is 41.9 Å². The number of carbonyl (C=O) groups is 5. The standard InChI is InChI=1S/C33H46N6O4S.C31H40N6O5S/c1-5-25(6-2)35-32(41)36-26-14-17-28(29(22-26)42-4)43-30-23-34-33(44-30)37-31(40)24-12-15-27(16-13-24)39(7-3)21-11-20-38-18-9-8-10-19-38;1-4-22(5-2)34-30(40)35-24-13-14-25(26(19-24)41-3)42-28-20-32-31(43-28)36-29(39)21-9-11-23(12-10-21)33-27(38)15-18-37-16-7-6-8-17-37/h12-17,22-23,25H,5-11,18-21H2,1-4H3,(H,34,37,40)(H2,35,36,41);9-14,19-20,22H,4-8,15-18H2,1-3H3,(H,33,38)(H,32,36,39)(H2,34,35,40). The zero-order valence-corrected chi connectivity index (χ0v) is 52.9. The minimum Gasteiger partial charge on any atom is -0.493 e. The summed E-state index contributed by atoms with van der Waals surface area (Å²) in [7, 11) is 3.05. The Labute approximate surface area is 519 Å². The summed E-state index contributed by atoms with van der Waals surface area (Å²) in [5.41, 5.74) is 3.91. The van der Waals surface area contributed by atoms with Crippen LogP contribution in [0.3, 0.4) is 0 Å². The molecule has 0 unspecified atom stereocenters. The monoisotopic (exact) mass is 1230 g/mol. The van der Waals surface area contributed by atoms with E-state index in [0.717, 1.165) is 88.4 Å². The Kier molecular flexibility index (Phi) is 26.7. The summed E-state index contributed by atoms with van der Waals surface area (Å²) in [4.78, 5) is 78.5. The molecule has 0 atom stereocenters. The quantitative estimate of drug-likeness (QED) is 0.0242. The van der Waals surface area contributed by atoms with Crippen molar-refractivity contribution in [1.29, 1.82) is 0 Å². The van der Waals surface area contributed by atoms with Gasteiger partial charge in [-0.2, -0.15) is 0 Å². The number of thiazole rings is 2. The summed E-state index contributed by atoms with van der Waals surface area (Å²) in [5.74, 6) is 1.18. The van der Waals surface area contributed by atoms with Crippen LogP contribution in [0.15, 0.2) is 97.3 Å². The van der Waals surface area contributed by atoms with Crippen molar-refractivity contribution in [3.63, 3.8) is 0 Å². The molecular formula is C64H86N12O9S2. The number of piperidine rings is 2. The lowest BCUT2D eigenvalue weighted by molar-refractivity contribution is -0.116. The topological polar surface area (TPSA) is 242 Å². The van der Waals surface area contributed by atoms with Crippen molar-refractivity contribution in [3.05, 3.63) is 108 Å². The molecule has 7 N–H and O–H groups in total. The number of ether oxygens (including phenoxy) is 4. The van der Waals surface area contributed by atoms with Crippen molar-refractivity contribution in [3.8, 4) is 33.1 Å². The second-order valence-corrected chi connectivity index (χ2v) is 23.2. The number of nitrogens with one attached hydrogen (secondary N) is 7. The van der Waals surface area contributed by atoms with Crippen LogP contribution in [-0.4, -0.2) is 128 Å². The number of likely N-dealkylation sites (tertiary alicyclic amines) is 2. The molecule has 2 aromatic heterocycles. The van der Waals surface area contributed by atoms with E-state index < -0.39 is 0 Å². The molecule has 2 aliphatic rings. The average Bonchev–Trinajstić information content (AvgIpc) is 4.44. The smallest absolute Gasteiger partial charge is 0.319 e. The molecule has 0 bridgehead atoms. The molecule has 4 heterocycles. The van der Waals surface area contributed by atoms with Crippen LogP contribution in [0.25, 0.3) is 0 Å². The average molecular weight is 1230 g/mol. The molecule has 7 amide bonds. The van der Waals surface area contributed by atoms with Gasteiger partial charge in [-0.15, -0.1) is 0 Å². The Balaban J connectivity index is 0.000000249. The maximum Gasteiger partial charge on any atom is 0.319 e. The predicted molar refractivity (Wildman–Crippen MR) is 349 cm³/mol. The van der Waals surface area contributed by atoms with Gasteiger partial charge in [-0.1, -0.05) is 63.2 Å². The number of hydrogen-bond acceptors (Lipinski definition) is 16. The van der Waals surface area contributed by atoms with Gasteiger partial charge in [-0.05, 0) is 170 Å². The third-order valence-corrected chi connectivity index (χ3v) is 16.7. The van der Waals surface area contributed by atoms with Crippen LogP contribution in [0.4, 0.5) is 42.6 Å². The summed E-state index contributed by atoms with van der Waals surface area (Å²) in [6.07, 6.45) is 15.7. The van der Waals surface area contributed by atoms with Gasteiger partial charge in [0.15, 0.2) is 33.3 Å². The zero-order chi connectivity index (χ0) is 61.9. The minimum atomic E-state index is -0.330. The fourth-order valence-electron chi connectivity index (χ4n) is 9.97. The molecule has 2 aliphatic heterocycles. The summed E-state index contributed by atoms with van der Waals surface area (Å²) < 4.78 is 22.9. The highest BCUT2D eigenvalue weighted by Crippen LogP contribution is 2.39. The normalized spacial score (nSPS) is 13.3. The van der Waals surface area contributed by atoms with Gasteiger partial charge >= 0.3 is 12.1 Å². The van der Waals surface area contributed by atoms with E-state index >= 15 is 0 Å². The summed E-state index contributed by atoms with van der Waals surface area (Å²) in [5, 5.41) is 21.8. The van der Waals surface area contributed by atoms with Gasteiger partial charge in [0, 0.05) is 84.1 Å². The number of amides is 7. The number of urea groups is 2. The molecule has 4 aromatic carbocycles. The highest BCUT2D eigenvalue weighted by molar-refractivity contribution is 7.17. The highest BCUT2D eigenvalue weighted by Gasteiger charge is 2.19. The van der Waals surface area contributed by atoms with Crippen molar-refractivity contribution < 1.29 is 42.9 Å². The van der Waals surface area contributed by atoms with Crippen molar-refractivity contribution in [1.82, 2.24) is 30.4 Å². The lowest BCUT2D eigenvalue weighted by Gasteiger charge is -2.28. The van der Waals surface area contributed by atoms with Crippen molar-refractivity contribution >= 4 is 85.5 Å². The second kappa shape index (κ2) is 35.0. The van der Waals surface area contributed by atoms with Gasteiger partial charge in [-0.25, -0.2) is 19.6 Å². The predicted octanol–water partition coefficient (Wildman–Crippen LogP) is 13.5. The van der Waals surface area contributed by atoms with Gasteiger partial charge in [0.2, 0.25) is 16.0 Å². The van der Waals surface area contributed by atoms with E-state index in [4.69, 9.17) is 18.9 Å². The number of anilines is 6. The molecule has 87 heavy (non-hydrogen) atoms. The summed E-state index contributed by atoms with van der Waals surface area (Å²) in [6, 6.07) is 24.4. The van der Waals surface area contributed by atoms with Crippen LogP contribution < -0.4 is 61.1 Å². The number of carbonyl (C=O) groups excluding carboxylic acids is 5. The van der Waals surface area contributed by atoms with E-state index in [2.05, 4.69) is 68.8 Å². The highest BCUT2D eigenvalue weighted by atomic mass is 32.1. The first-order chi connectivity index (χ1) is 42.3. The summed E-state index contributed by atoms with van der Waals surface area (Å²) >= 11 is 2.38. The van der Waals surface area contributed by atoms with Gasteiger partial charge < -0.3 is 60.2 Å². The lowest BCUT2D eigenvalue weighted by atomic mass is 10.1. The van der Waals surface area contributed by atoms with Gasteiger partial charge in [0.1, 0.15) is 0 Å². The number of methoxy groups -OCH3 is 2. The van der Waals surface area contributed by atoms with Gasteiger partial charge in [0.05, 0.1) is 26.6 Å². The Bertz CT molecular complexity index is 3120. The Hall–Kier alpha value is -7.99. The summed E-state index contributed by atoms with van der Waals surface area (Å²) in [6.45, 7) is 18.7. The van der Waals surface area contributed by atoms with Crippen molar-refractivity contribution in [2.45, 2.75) is 124 Å². The number of nitrogens with zero attached hydrogens (tertiary/aromatic N) is 5. The molecular weight excluding hydrogens is 1140 g/mol. The molecule has 2 saturated heterocycles. The number of rotatable bonds is 28. The lowest BCUT2D eigenvalue weighted by Crippen LogP contribution is -2.37. The van der Waals surface area contributed by atoms with Crippen molar-refractivity contribution in [2.75, 3.05) is 98.1 Å². The SMILES string of the molecule is CCC(CC)NC(=O)Nc1ccc(Oc2cnc(NC(=O)c3ccc(N(CC)CCCN4CCCCC4)cc3)s2)c(OC)c1.CCC(CC)NC(=O)Nc1ccc(Oc2cnc(NC(=O)c3ccc(NC(=O)CCN4CCCCC4)cc3)s2)c(OC)c1. The molecule has 0 aliphatic carbocycles. The molecule has 0 radical (unpaired) electrons. The van der Waals surface area contributed by atoms with E-state index in [9.17, 15) is 24.0 Å². The molecule has 21 nitrogen and oxygen atoms in total. The number of benzene rings is 4. The van der Waals surface area contributed by atoms with Gasteiger partial charge in [0.25, 0.3) is 11.8 Å². The van der Waals surface area contributed by atoms with E-state index in [0.29, 0.717) is 78.0 Å². The molecule has 0 saturated carbocycles. The second-order valence-electron chi connectivity index (χ2n) is 21.2. The number of hydrogen-bond donors (Lipinski definition) is 7. The molecule has 8 rings (SSSR count). The molecule has 23 heteroatoms. The molecule has 468 valence electrons. The third kappa shape index (κ3) is 21.4. The Morgan fingerprint density at radius 3 is 1.40 bits per heavy atom. The molecule has 2 fully saturated rings. The van der Waals surface area contributed by atoms with Crippen LogP contribution in [0, 0.1) is 0 Å². The first-order valence-corrected chi connectivity index (χ1v) is 32.0. The maximum atomic E-state index is 12.9. The first-order valence-electron chi connectivity index (χ1n) is 30.4. The van der Waals surface area contributed by atoms with E-state index in [1.807, 2.05) is 52.0 Å². The minimum absolute atomic E-state index is 0.0387. The van der Waals surface area contributed by atoms with E-state index in [1.54, 1.807) is 66.9 Å². The van der Waals surface area contributed by atoms with E-state index in [1.165, 1.54) is 83.4 Å². The van der Waals surface area contributed by atoms with Crippen LogP contribution in [-0.2, 0) is 4.79 Å².